The molecule has 0 radical (unpaired) electrons. The minimum absolute atomic E-state index is 0.250. The third-order valence-corrected chi connectivity index (χ3v) is 4.58. The average molecular weight is 271 g/mol. The van der Waals surface area contributed by atoms with Crippen LogP contribution >= 0.6 is 0 Å². The Balaban J connectivity index is 1.82. The molecule has 0 saturated heterocycles. The smallest absolute Gasteiger partial charge is 0.268 e. The lowest BCUT2D eigenvalue weighted by Gasteiger charge is -2.07. The van der Waals surface area contributed by atoms with Gasteiger partial charge in [-0.1, -0.05) is 12.8 Å². The van der Waals surface area contributed by atoms with Crippen LogP contribution in [0.5, 0.6) is 0 Å². The quantitative estimate of drug-likeness (QED) is 0.627. The van der Waals surface area contributed by atoms with E-state index in [0.717, 1.165) is 29.3 Å². The highest BCUT2D eigenvalue weighted by Crippen LogP contribution is 2.45. The van der Waals surface area contributed by atoms with E-state index in [-0.39, 0.29) is 10.6 Å². The summed E-state index contributed by atoms with van der Waals surface area (Å²) in [5.41, 5.74) is 2.05. The Hall–Kier alpha value is -1.91. The summed E-state index contributed by atoms with van der Waals surface area (Å²) in [7, 11) is 0. The van der Waals surface area contributed by atoms with Gasteiger partial charge in [-0.05, 0) is 37.7 Å². The number of fused-ring (bicyclic) bond motifs is 1. The van der Waals surface area contributed by atoms with Gasteiger partial charge in [-0.15, -0.1) is 0 Å². The van der Waals surface area contributed by atoms with E-state index in [1.807, 2.05) is 16.9 Å². The zero-order valence-electron chi connectivity index (χ0n) is 11.3. The first-order valence-electron chi connectivity index (χ1n) is 7.39. The van der Waals surface area contributed by atoms with Gasteiger partial charge in [0.1, 0.15) is 0 Å². The van der Waals surface area contributed by atoms with Gasteiger partial charge in [0.05, 0.1) is 16.5 Å². The topological polar surface area (TPSA) is 61.0 Å². The van der Waals surface area contributed by atoms with E-state index in [4.69, 9.17) is 0 Å². The Labute approximate surface area is 116 Å². The van der Waals surface area contributed by atoms with Crippen molar-refractivity contribution in [1.29, 1.82) is 0 Å². The molecule has 104 valence electrons. The minimum atomic E-state index is -0.250. The number of hydrogen-bond acceptors (Lipinski definition) is 3. The maximum absolute atomic E-state index is 11.2. The lowest BCUT2D eigenvalue weighted by atomic mass is 10.1. The largest absolute Gasteiger partial charge is 0.273 e. The van der Waals surface area contributed by atoms with Crippen molar-refractivity contribution >= 4 is 16.6 Å². The SMILES string of the molecule is O=[N+]([O-])c1cc2cn(C3CCCC3)nc2cc1C1CC1. The fraction of sp³-hybridized carbons (Fsp3) is 0.533. The molecule has 1 aromatic carbocycles. The van der Waals surface area contributed by atoms with Crippen LogP contribution < -0.4 is 0 Å². The van der Waals surface area contributed by atoms with E-state index in [0.29, 0.717) is 12.0 Å². The van der Waals surface area contributed by atoms with Crippen molar-refractivity contribution in [1.82, 2.24) is 9.78 Å². The molecule has 2 aliphatic rings. The molecule has 0 spiro atoms. The lowest BCUT2D eigenvalue weighted by Crippen LogP contribution is -2.04. The predicted molar refractivity (Wildman–Crippen MR) is 75.9 cm³/mol. The molecule has 0 N–H and O–H groups in total. The first kappa shape index (κ1) is 11.9. The van der Waals surface area contributed by atoms with Gasteiger partial charge >= 0.3 is 0 Å². The second-order valence-electron chi connectivity index (χ2n) is 6.05. The highest BCUT2D eigenvalue weighted by molar-refractivity contribution is 5.82. The molecule has 2 aliphatic carbocycles. The standard InChI is InChI=1S/C15H17N3O2/c19-18(20)15-7-11-9-17(12-3-1-2-4-12)16-14(11)8-13(15)10-5-6-10/h7-10,12H,1-6H2. The van der Waals surface area contributed by atoms with Crippen LogP contribution in [0, 0.1) is 10.1 Å². The molecule has 0 bridgehead atoms. The number of rotatable bonds is 3. The van der Waals surface area contributed by atoms with Crippen LogP contribution in [0.2, 0.25) is 0 Å². The maximum Gasteiger partial charge on any atom is 0.273 e. The monoisotopic (exact) mass is 271 g/mol. The highest BCUT2D eigenvalue weighted by atomic mass is 16.6. The molecule has 4 rings (SSSR count). The molecule has 5 heteroatoms. The molecule has 0 unspecified atom stereocenters. The Kier molecular flexibility index (Phi) is 2.55. The molecule has 0 aliphatic heterocycles. The van der Waals surface area contributed by atoms with Gasteiger partial charge in [0.25, 0.3) is 5.69 Å². The van der Waals surface area contributed by atoms with Crippen molar-refractivity contribution in [2.45, 2.75) is 50.5 Å². The first-order chi connectivity index (χ1) is 9.72. The molecule has 2 fully saturated rings. The molecule has 5 nitrogen and oxygen atoms in total. The molecular weight excluding hydrogens is 254 g/mol. The zero-order valence-corrected chi connectivity index (χ0v) is 11.3. The molecular formula is C15H17N3O2. The number of nitrogens with zero attached hydrogens (tertiary/aromatic N) is 3. The van der Waals surface area contributed by atoms with Crippen LogP contribution in [-0.2, 0) is 0 Å². The highest BCUT2D eigenvalue weighted by Gasteiger charge is 2.31. The summed E-state index contributed by atoms with van der Waals surface area (Å²) >= 11 is 0. The Morgan fingerprint density at radius 1 is 1.20 bits per heavy atom. The van der Waals surface area contributed by atoms with Gasteiger partial charge in [0.15, 0.2) is 0 Å². The van der Waals surface area contributed by atoms with Gasteiger partial charge in [0, 0.05) is 23.2 Å². The van der Waals surface area contributed by atoms with Crippen molar-refractivity contribution < 1.29 is 4.92 Å². The normalized spacial score (nSPS) is 19.8. The average Bonchev–Trinajstić information content (AvgIpc) is 2.99. The van der Waals surface area contributed by atoms with Gasteiger partial charge in [0.2, 0.25) is 0 Å². The van der Waals surface area contributed by atoms with Crippen LogP contribution in [0.25, 0.3) is 10.9 Å². The molecule has 1 aromatic heterocycles. The second kappa shape index (κ2) is 4.30. The van der Waals surface area contributed by atoms with Crippen molar-refractivity contribution in [3.63, 3.8) is 0 Å². The molecule has 2 aromatic rings. The molecule has 0 amide bonds. The molecule has 20 heavy (non-hydrogen) atoms. The summed E-state index contributed by atoms with van der Waals surface area (Å²) < 4.78 is 2.03. The summed E-state index contributed by atoms with van der Waals surface area (Å²) in [5, 5.41) is 16.8. The maximum atomic E-state index is 11.2. The first-order valence-corrected chi connectivity index (χ1v) is 7.39. The fourth-order valence-electron chi connectivity index (χ4n) is 3.33. The molecule has 0 atom stereocenters. The number of nitro benzene ring substituents is 1. The van der Waals surface area contributed by atoms with Crippen LogP contribution in [-0.4, -0.2) is 14.7 Å². The van der Waals surface area contributed by atoms with E-state index in [1.54, 1.807) is 6.07 Å². The Morgan fingerprint density at radius 3 is 2.60 bits per heavy atom. The van der Waals surface area contributed by atoms with Crippen LogP contribution in [0.15, 0.2) is 18.3 Å². The lowest BCUT2D eigenvalue weighted by molar-refractivity contribution is -0.385. The summed E-state index contributed by atoms with van der Waals surface area (Å²) in [6, 6.07) is 4.13. The van der Waals surface area contributed by atoms with Crippen molar-refractivity contribution in [2.24, 2.45) is 0 Å². The number of aromatic nitrogens is 2. The summed E-state index contributed by atoms with van der Waals surface area (Å²) in [6.07, 6.45) is 8.97. The van der Waals surface area contributed by atoms with Crippen molar-refractivity contribution in [2.75, 3.05) is 0 Å². The predicted octanol–water partition coefficient (Wildman–Crippen LogP) is 3.94. The van der Waals surface area contributed by atoms with E-state index in [2.05, 4.69) is 5.10 Å². The third kappa shape index (κ3) is 1.88. The van der Waals surface area contributed by atoms with E-state index in [9.17, 15) is 10.1 Å². The van der Waals surface area contributed by atoms with E-state index >= 15 is 0 Å². The van der Waals surface area contributed by atoms with E-state index < -0.39 is 0 Å². The van der Waals surface area contributed by atoms with Crippen LogP contribution in [0.4, 0.5) is 5.69 Å². The van der Waals surface area contributed by atoms with Gasteiger partial charge in [-0.2, -0.15) is 5.10 Å². The van der Waals surface area contributed by atoms with Gasteiger partial charge in [-0.3, -0.25) is 14.8 Å². The number of hydrogen-bond donors (Lipinski definition) is 0. The van der Waals surface area contributed by atoms with Crippen molar-refractivity contribution in [3.05, 3.63) is 34.0 Å². The Bertz CT molecular complexity index is 682. The van der Waals surface area contributed by atoms with E-state index in [1.165, 1.54) is 25.7 Å². The van der Waals surface area contributed by atoms with Crippen LogP contribution in [0.3, 0.4) is 0 Å². The Morgan fingerprint density at radius 2 is 1.95 bits per heavy atom. The van der Waals surface area contributed by atoms with Crippen molar-refractivity contribution in [3.8, 4) is 0 Å². The van der Waals surface area contributed by atoms with Gasteiger partial charge in [-0.25, -0.2) is 0 Å². The zero-order chi connectivity index (χ0) is 13.7. The van der Waals surface area contributed by atoms with Gasteiger partial charge < -0.3 is 0 Å². The van der Waals surface area contributed by atoms with Crippen LogP contribution in [0.1, 0.15) is 56.0 Å². The minimum Gasteiger partial charge on any atom is -0.268 e. The second-order valence-corrected chi connectivity index (χ2v) is 6.05. The third-order valence-electron chi connectivity index (χ3n) is 4.58. The molecule has 1 heterocycles. The fourth-order valence-corrected chi connectivity index (χ4v) is 3.33. The summed E-state index contributed by atoms with van der Waals surface area (Å²) in [6.45, 7) is 0. The molecule has 2 saturated carbocycles. The number of nitro groups is 1. The summed E-state index contributed by atoms with van der Waals surface area (Å²) in [5.74, 6) is 0.372. The summed E-state index contributed by atoms with van der Waals surface area (Å²) in [4.78, 5) is 11.0. The number of benzene rings is 1.